The summed E-state index contributed by atoms with van der Waals surface area (Å²) in [4.78, 5) is 12.2. The molecule has 0 aliphatic carbocycles. The Labute approximate surface area is 163 Å². The van der Waals surface area contributed by atoms with E-state index in [-0.39, 0.29) is 22.2 Å². The van der Waals surface area contributed by atoms with Crippen LogP contribution in [0.25, 0.3) is 6.08 Å². The summed E-state index contributed by atoms with van der Waals surface area (Å²) in [5.74, 6) is 0.0709. The summed E-state index contributed by atoms with van der Waals surface area (Å²) in [5.41, 5.74) is 2.13. The van der Waals surface area contributed by atoms with Crippen molar-refractivity contribution < 1.29 is 22.5 Å². The molecule has 3 rings (SSSR count). The Morgan fingerprint density at radius 2 is 1.50 bits per heavy atom. The highest BCUT2D eigenvalue weighted by Gasteiger charge is 2.16. The van der Waals surface area contributed by atoms with Crippen molar-refractivity contribution in [2.45, 2.75) is 11.8 Å². The Bertz CT molecular complexity index is 1100. The van der Waals surface area contributed by atoms with E-state index in [1.807, 2.05) is 6.92 Å². The molecule has 6 heteroatoms. The minimum atomic E-state index is -3.90. The number of rotatable bonds is 6. The highest BCUT2D eigenvalue weighted by molar-refractivity contribution is 7.87. The number of hydrogen-bond acceptors (Lipinski definition) is 5. The van der Waals surface area contributed by atoms with Gasteiger partial charge in [0.25, 0.3) is 0 Å². The molecule has 0 aromatic heterocycles. The number of benzene rings is 3. The molecule has 0 aliphatic rings. The second-order valence-electron chi connectivity index (χ2n) is 6.16. The van der Waals surface area contributed by atoms with E-state index in [0.717, 1.165) is 5.56 Å². The highest BCUT2D eigenvalue weighted by atomic mass is 32.2. The van der Waals surface area contributed by atoms with Gasteiger partial charge in [0.05, 0.1) is 0 Å². The summed E-state index contributed by atoms with van der Waals surface area (Å²) in [5, 5.41) is 9.25. The van der Waals surface area contributed by atoms with E-state index in [0.29, 0.717) is 11.1 Å². The van der Waals surface area contributed by atoms with Gasteiger partial charge in [-0.1, -0.05) is 35.9 Å². The van der Waals surface area contributed by atoms with Gasteiger partial charge in [0, 0.05) is 5.56 Å². The molecule has 0 unspecified atom stereocenters. The monoisotopic (exact) mass is 394 g/mol. The Kier molecular flexibility index (Phi) is 5.61. The van der Waals surface area contributed by atoms with Gasteiger partial charge in [-0.15, -0.1) is 0 Å². The molecule has 3 aromatic rings. The van der Waals surface area contributed by atoms with Crippen LogP contribution in [-0.2, 0) is 10.1 Å². The molecule has 0 aliphatic heterocycles. The van der Waals surface area contributed by atoms with E-state index in [9.17, 15) is 18.3 Å². The van der Waals surface area contributed by atoms with Gasteiger partial charge in [-0.25, -0.2) is 0 Å². The molecule has 1 N–H and O–H groups in total. The average Bonchev–Trinajstić information content (AvgIpc) is 2.68. The maximum absolute atomic E-state index is 12.3. The fourth-order valence-corrected chi connectivity index (χ4v) is 3.34. The molecule has 0 fully saturated rings. The van der Waals surface area contributed by atoms with Crippen molar-refractivity contribution in [1.82, 2.24) is 0 Å². The standard InChI is InChI=1S/C22H18O5S/c1-16-2-13-21(14-3-16)28(25,26)27-20-11-4-17(5-12-20)6-15-22(24)18-7-9-19(23)10-8-18/h2-15,23H,1H3/b15-6+. The van der Waals surface area contributed by atoms with Crippen molar-refractivity contribution in [3.8, 4) is 11.5 Å². The predicted molar refractivity (Wildman–Crippen MR) is 107 cm³/mol. The number of phenolic OH excluding ortho intramolecular Hbond substituents is 1. The number of hydrogen-bond donors (Lipinski definition) is 1. The Morgan fingerprint density at radius 1 is 0.893 bits per heavy atom. The van der Waals surface area contributed by atoms with Crippen LogP contribution < -0.4 is 4.18 Å². The van der Waals surface area contributed by atoms with Gasteiger partial charge < -0.3 is 9.29 Å². The normalized spacial score (nSPS) is 11.5. The van der Waals surface area contributed by atoms with Crippen molar-refractivity contribution >= 4 is 22.0 Å². The molecule has 142 valence electrons. The first-order chi connectivity index (χ1) is 13.3. The minimum absolute atomic E-state index is 0.0848. The smallest absolute Gasteiger partial charge is 0.339 e. The molecule has 0 saturated heterocycles. The van der Waals surface area contributed by atoms with Crippen molar-refractivity contribution in [2.24, 2.45) is 0 Å². The van der Waals surface area contributed by atoms with Crippen LogP contribution in [0.2, 0.25) is 0 Å². The van der Waals surface area contributed by atoms with Crippen molar-refractivity contribution in [1.29, 1.82) is 0 Å². The van der Waals surface area contributed by atoms with Gasteiger partial charge in [-0.3, -0.25) is 4.79 Å². The molecular weight excluding hydrogens is 376 g/mol. The molecule has 0 heterocycles. The minimum Gasteiger partial charge on any atom is -0.508 e. The van der Waals surface area contributed by atoms with Crippen LogP contribution in [0.5, 0.6) is 11.5 Å². The van der Waals surface area contributed by atoms with Crippen molar-refractivity contribution in [3.05, 3.63) is 95.6 Å². The lowest BCUT2D eigenvalue weighted by molar-refractivity contribution is 0.104. The number of aryl methyl sites for hydroxylation is 1. The number of allylic oxidation sites excluding steroid dienone is 1. The highest BCUT2D eigenvalue weighted by Crippen LogP contribution is 2.20. The van der Waals surface area contributed by atoms with Gasteiger partial charge >= 0.3 is 10.1 Å². The van der Waals surface area contributed by atoms with E-state index in [2.05, 4.69) is 0 Å². The topological polar surface area (TPSA) is 80.7 Å². The SMILES string of the molecule is Cc1ccc(S(=O)(=O)Oc2ccc(/C=C/C(=O)c3ccc(O)cc3)cc2)cc1. The number of phenols is 1. The summed E-state index contributed by atoms with van der Waals surface area (Å²) in [7, 11) is -3.90. The molecule has 0 saturated carbocycles. The molecule has 0 spiro atoms. The molecule has 0 amide bonds. The third-order valence-corrected chi connectivity index (χ3v) is 5.24. The average molecular weight is 394 g/mol. The first-order valence-electron chi connectivity index (χ1n) is 8.46. The molecule has 0 bridgehead atoms. The molecule has 0 atom stereocenters. The zero-order valence-electron chi connectivity index (χ0n) is 15.1. The predicted octanol–water partition coefficient (Wildman–Crippen LogP) is 4.36. The van der Waals surface area contributed by atoms with Crippen molar-refractivity contribution in [2.75, 3.05) is 0 Å². The zero-order chi connectivity index (χ0) is 20.1. The van der Waals surface area contributed by atoms with E-state index >= 15 is 0 Å². The lowest BCUT2D eigenvalue weighted by Gasteiger charge is -2.07. The van der Waals surface area contributed by atoms with Gasteiger partial charge in [-0.05, 0) is 67.1 Å². The fraction of sp³-hybridized carbons (Fsp3) is 0.0455. The van der Waals surface area contributed by atoms with Gasteiger partial charge in [0.15, 0.2) is 5.78 Å². The summed E-state index contributed by atoms with van der Waals surface area (Å²) in [6, 6.07) is 18.7. The van der Waals surface area contributed by atoms with Crippen LogP contribution in [0.15, 0.2) is 83.8 Å². The van der Waals surface area contributed by atoms with E-state index < -0.39 is 10.1 Å². The van der Waals surface area contributed by atoms with E-state index in [1.54, 1.807) is 30.3 Å². The van der Waals surface area contributed by atoms with Crippen LogP contribution in [-0.4, -0.2) is 19.3 Å². The number of carbonyl (C=O) groups excluding carboxylic acids is 1. The van der Waals surface area contributed by atoms with E-state index in [4.69, 9.17) is 4.18 Å². The Morgan fingerprint density at radius 3 is 2.11 bits per heavy atom. The largest absolute Gasteiger partial charge is 0.508 e. The van der Waals surface area contributed by atoms with Crippen LogP contribution in [0.1, 0.15) is 21.5 Å². The molecule has 5 nitrogen and oxygen atoms in total. The molecule has 0 radical (unpaired) electrons. The summed E-state index contributed by atoms with van der Waals surface area (Å²) in [6.07, 6.45) is 3.03. The maximum atomic E-state index is 12.3. The first kappa shape index (κ1) is 19.4. The molecular formula is C22H18O5S. The third-order valence-electron chi connectivity index (χ3n) is 3.97. The lowest BCUT2D eigenvalue weighted by Crippen LogP contribution is -2.09. The van der Waals surface area contributed by atoms with Crippen LogP contribution in [0.4, 0.5) is 0 Å². The fourth-order valence-electron chi connectivity index (χ4n) is 2.41. The molecule has 3 aromatic carbocycles. The Balaban J connectivity index is 1.68. The van der Waals surface area contributed by atoms with E-state index in [1.165, 1.54) is 54.6 Å². The quantitative estimate of drug-likeness (QED) is 0.382. The summed E-state index contributed by atoms with van der Waals surface area (Å²) < 4.78 is 29.7. The van der Waals surface area contributed by atoms with Crippen LogP contribution >= 0.6 is 0 Å². The summed E-state index contributed by atoms with van der Waals surface area (Å²) in [6.45, 7) is 1.87. The van der Waals surface area contributed by atoms with Crippen molar-refractivity contribution in [3.63, 3.8) is 0 Å². The maximum Gasteiger partial charge on any atom is 0.339 e. The number of ketones is 1. The number of carbonyl (C=O) groups is 1. The van der Waals surface area contributed by atoms with Gasteiger partial charge in [0.1, 0.15) is 16.4 Å². The van der Waals surface area contributed by atoms with Gasteiger partial charge in [-0.2, -0.15) is 8.42 Å². The van der Waals surface area contributed by atoms with Crippen LogP contribution in [0.3, 0.4) is 0 Å². The second kappa shape index (κ2) is 8.10. The van der Waals surface area contributed by atoms with Gasteiger partial charge in [0.2, 0.25) is 0 Å². The zero-order valence-corrected chi connectivity index (χ0v) is 15.9. The van der Waals surface area contributed by atoms with Crippen LogP contribution in [0, 0.1) is 6.92 Å². The first-order valence-corrected chi connectivity index (χ1v) is 9.87. The Hall–Kier alpha value is -3.38. The summed E-state index contributed by atoms with van der Waals surface area (Å²) >= 11 is 0. The third kappa shape index (κ3) is 4.86. The molecule has 28 heavy (non-hydrogen) atoms. The number of aromatic hydroxyl groups is 1. The second-order valence-corrected chi connectivity index (χ2v) is 7.71. The lowest BCUT2D eigenvalue weighted by atomic mass is 10.1.